The number of benzene rings is 2. The molecule has 1 heterocycles. The molecule has 1 unspecified atom stereocenters. The lowest BCUT2D eigenvalue weighted by atomic mass is 10.1. The zero-order chi connectivity index (χ0) is 17.6. The van der Waals surface area contributed by atoms with Gasteiger partial charge in [-0.15, -0.1) is 0 Å². The number of hydrogen-bond acceptors (Lipinski definition) is 3. The van der Waals surface area contributed by atoms with Crippen LogP contribution in [0, 0.1) is 13.8 Å². The van der Waals surface area contributed by atoms with E-state index in [9.17, 15) is 4.79 Å². The van der Waals surface area contributed by atoms with E-state index in [1.807, 2.05) is 12.1 Å². The van der Waals surface area contributed by atoms with Crippen LogP contribution < -0.4 is 10.1 Å². The predicted octanol–water partition coefficient (Wildman–Crippen LogP) is 3.79. The molecule has 1 aliphatic heterocycles. The quantitative estimate of drug-likeness (QED) is 0.871. The van der Waals surface area contributed by atoms with Gasteiger partial charge in [-0.3, -0.25) is 4.79 Å². The van der Waals surface area contributed by atoms with Crippen LogP contribution in [0.25, 0.3) is 0 Å². The molecule has 3 rings (SSSR count). The Morgan fingerprint density at radius 2 is 2.00 bits per heavy atom. The topological polar surface area (TPSA) is 47.6 Å². The SMILES string of the molecule is Cc1ccc(CNC(=O)c2ccc(OCC3CCCO3)cc2)c(C)c1. The molecule has 0 aliphatic carbocycles. The van der Waals surface area contributed by atoms with Gasteiger partial charge in [0.15, 0.2) is 0 Å². The second-order valence-corrected chi connectivity index (χ2v) is 6.58. The summed E-state index contributed by atoms with van der Waals surface area (Å²) in [6, 6.07) is 13.5. The molecule has 25 heavy (non-hydrogen) atoms. The molecule has 0 radical (unpaired) electrons. The third kappa shape index (κ3) is 4.83. The fraction of sp³-hybridized carbons (Fsp3) is 0.381. The van der Waals surface area contributed by atoms with E-state index in [-0.39, 0.29) is 12.0 Å². The van der Waals surface area contributed by atoms with Gasteiger partial charge in [-0.05, 0) is 62.1 Å². The van der Waals surface area contributed by atoms with Crippen molar-refractivity contribution < 1.29 is 14.3 Å². The van der Waals surface area contributed by atoms with Crippen LogP contribution in [0.1, 0.15) is 39.9 Å². The predicted molar refractivity (Wildman–Crippen MR) is 98.0 cm³/mol. The van der Waals surface area contributed by atoms with Crippen LogP contribution in [0.15, 0.2) is 42.5 Å². The van der Waals surface area contributed by atoms with E-state index >= 15 is 0 Å². The maximum Gasteiger partial charge on any atom is 0.251 e. The fourth-order valence-corrected chi connectivity index (χ4v) is 2.99. The molecule has 4 heteroatoms. The molecule has 1 atom stereocenters. The summed E-state index contributed by atoms with van der Waals surface area (Å²) >= 11 is 0. The van der Waals surface area contributed by atoms with Crippen LogP contribution in [-0.4, -0.2) is 25.2 Å². The number of nitrogens with one attached hydrogen (secondary N) is 1. The molecule has 1 saturated heterocycles. The summed E-state index contributed by atoms with van der Waals surface area (Å²) in [4.78, 5) is 12.3. The average Bonchev–Trinajstić information content (AvgIpc) is 3.13. The average molecular weight is 339 g/mol. The summed E-state index contributed by atoms with van der Waals surface area (Å²) < 4.78 is 11.3. The molecule has 2 aromatic rings. The minimum absolute atomic E-state index is 0.0781. The van der Waals surface area contributed by atoms with E-state index < -0.39 is 0 Å². The van der Waals surface area contributed by atoms with Gasteiger partial charge in [0.2, 0.25) is 0 Å². The number of carbonyl (C=O) groups excluding carboxylic acids is 1. The Kier molecular flexibility index (Phi) is 5.71. The van der Waals surface area contributed by atoms with Crippen LogP contribution in [0.5, 0.6) is 5.75 Å². The standard InChI is InChI=1S/C21H25NO3/c1-15-5-6-18(16(2)12-15)13-22-21(23)17-7-9-19(10-8-17)25-14-20-4-3-11-24-20/h5-10,12,20H,3-4,11,13-14H2,1-2H3,(H,22,23). The van der Waals surface area contributed by atoms with Gasteiger partial charge < -0.3 is 14.8 Å². The first-order chi connectivity index (χ1) is 12.1. The molecular weight excluding hydrogens is 314 g/mol. The van der Waals surface area contributed by atoms with Gasteiger partial charge in [0.05, 0.1) is 6.10 Å². The molecule has 132 valence electrons. The van der Waals surface area contributed by atoms with Crippen molar-refractivity contribution in [3.05, 3.63) is 64.7 Å². The van der Waals surface area contributed by atoms with Crippen molar-refractivity contribution in [1.82, 2.24) is 5.32 Å². The Hall–Kier alpha value is -2.33. The van der Waals surface area contributed by atoms with E-state index in [1.165, 1.54) is 11.1 Å². The van der Waals surface area contributed by atoms with Gasteiger partial charge in [-0.2, -0.15) is 0 Å². The number of amides is 1. The molecule has 0 saturated carbocycles. The van der Waals surface area contributed by atoms with Crippen LogP contribution in [0.3, 0.4) is 0 Å². The van der Waals surface area contributed by atoms with E-state index in [0.29, 0.717) is 18.7 Å². The normalized spacial score (nSPS) is 16.6. The lowest BCUT2D eigenvalue weighted by Gasteiger charge is -2.12. The number of ether oxygens (including phenoxy) is 2. The number of aryl methyl sites for hydroxylation is 2. The lowest BCUT2D eigenvalue weighted by molar-refractivity contribution is 0.0679. The third-order valence-corrected chi connectivity index (χ3v) is 4.51. The molecule has 1 fully saturated rings. The zero-order valence-electron chi connectivity index (χ0n) is 14.9. The van der Waals surface area contributed by atoms with Crippen molar-refractivity contribution in [2.45, 2.75) is 39.3 Å². The summed E-state index contributed by atoms with van der Waals surface area (Å²) in [5, 5.41) is 2.97. The third-order valence-electron chi connectivity index (χ3n) is 4.51. The summed E-state index contributed by atoms with van der Waals surface area (Å²) in [7, 11) is 0. The van der Waals surface area contributed by atoms with Gasteiger partial charge >= 0.3 is 0 Å². The molecule has 1 N–H and O–H groups in total. The molecule has 2 aromatic carbocycles. The maximum absolute atomic E-state index is 12.3. The van der Waals surface area contributed by atoms with Gasteiger partial charge in [0.25, 0.3) is 5.91 Å². The van der Waals surface area contributed by atoms with Crippen molar-refractivity contribution >= 4 is 5.91 Å². The highest BCUT2D eigenvalue weighted by Crippen LogP contribution is 2.17. The van der Waals surface area contributed by atoms with Crippen molar-refractivity contribution in [2.75, 3.05) is 13.2 Å². The van der Waals surface area contributed by atoms with Gasteiger partial charge in [-0.25, -0.2) is 0 Å². The first kappa shape index (κ1) is 17.5. The Morgan fingerprint density at radius 3 is 2.68 bits per heavy atom. The molecule has 0 spiro atoms. The molecule has 1 amide bonds. The highest BCUT2D eigenvalue weighted by atomic mass is 16.5. The van der Waals surface area contributed by atoms with Crippen molar-refractivity contribution in [3.63, 3.8) is 0 Å². The fourth-order valence-electron chi connectivity index (χ4n) is 2.99. The van der Waals surface area contributed by atoms with Gasteiger partial charge in [-0.1, -0.05) is 23.8 Å². The summed E-state index contributed by atoms with van der Waals surface area (Å²) in [6.45, 7) is 6.06. The van der Waals surface area contributed by atoms with Crippen LogP contribution in [0.2, 0.25) is 0 Å². The van der Waals surface area contributed by atoms with Gasteiger partial charge in [0.1, 0.15) is 12.4 Å². The maximum atomic E-state index is 12.3. The Labute approximate surface area is 149 Å². The summed E-state index contributed by atoms with van der Waals surface area (Å²) in [5.41, 5.74) is 4.19. The largest absolute Gasteiger partial charge is 0.491 e. The summed E-state index contributed by atoms with van der Waals surface area (Å²) in [6.07, 6.45) is 2.35. The zero-order valence-corrected chi connectivity index (χ0v) is 14.9. The minimum atomic E-state index is -0.0781. The van der Waals surface area contributed by atoms with Crippen molar-refractivity contribution in [1.29, 1.82) is 0 Å². The summed E-state index contributed by atoms with van der Waals surface area (Å²) in [5.74, 6) is 0.687. The minimum Gasteiger partial charge on any atom is -0.491 e. The second kappa shape index (κ2) is 8.17. The van der Waals surface area contributed by atoms with Crippen LogP contribution in [0.4, 0.5) is 0 Å². The van der Waals surface area contributed by atoms with Crippen LogP contribution >= 0.6 is 0 Å². The highest BCUT2D eigenvalue weighted by molar-refractivity contribution is 5.94. The number of hydrogen-bond donors (Lipinski definition) is 1. The van der Waals surface area contributed by atoms with Crippen molar-refractivity contribution in [3.8, 4) is 5.75 Å². The van der Waals surface area contributed by atoms with E-state index in [2.05, 4.69) is 37.4 Å². The Morgan fingerprint density at radius 1 is 1.20 bits per heavy atom. The van der Waals surface area contributed by atoms with Gasteiger partial charge in [0, 0.05) is 18.7 Å². The molecule has 4 nitrogen and oxygen atoms in total. The van der Waals surface area contributed by atoms with Crippen molar-refractivity contribution in [2.24, 2.45) is 0 Å². The molecule has 0 bridgehead atoms. The number of rotatable bonds is 6. The Bertz CT molecular complexity index is 718. The molecular formula is C21H25NO3. The number of carbonyl (C=O) groups is 1. The first-order valence-corrected chi connectivity index (χ1v) is 8.80. The highest BCUT2D eigenvalue weighted by Gasteiger charge is 2.16. The van der Waals surface area contributed by atoms with E-state index in [1.54, 1.807) is 12.1 Å². The smallest absolute Gasteiger partial charge is 0.251 e. The molecule has 0 aromatic heterocycles. The monoisotopic (exact) mass is 339 g/mol. The first-order valence-electron chi connectivity index (χ1n) is 8.80. The Balaban J connectivity index is 1.51. The second-order valence-electron chi connectivity index (χ2n) is 6.58. The van der Waals surface area contributed by atoms with E-state index in [0.717, 1.165) is 30.8 Å². The molecule has 1 aliphatic rings. The van der Waals surface area contributed by atoms with E-state index in [4.69, 9.17) is 9.47 Å². The lowest BCUT2D eigenvalue weighted by Crippen LogP contribution is -2.23. The van der Waals surface area contributed by atoms with Crippen LogP contribution in [-0.2, 0) is 11.3 Å².